The van der Waals surface area contributed by atoms with Crippen molar-refractivity contribution in [2.24, 2.45) is 0 Å². The smallest absolute Gasteiger partial charge is 0.179 e. The minimum Gasteiger partial charge on any atom is -0.313 e. The Morgan fingerprint density at radius 1 is 1.33 bits per heavy atom. The molecule has 0 aliphatic carbocycles. The van der Waals surface area contributed by atoms with Crippen LogP contribution in [0.5, 0.6) is 0 Å². The van der Waals surface area contributed by atoms with E-state index in [0.717, 1.165) is 17.9 Å². The van der Waals surface area contributed by atoms with Gasteiger partial charge in [0.05, 0.1) is 22.3 Å². The molecule has 4 nitrogen and oxygen atoms in total. The first-order valence-electron chi connectivity index (χ1n) is 7.03. The maximum atomic E-state index is 12.1. The van der Waals surface area contributed by atoms with Crippen LogP contribution in [0.2, 0.25) is 0 Å². The van der Waals surface area contributed by atoms with Gasteiger partial charge in [-0.3, -0.25) is 0 Å². The number of nitriles is 1. The number of benzene rings is 1. The summed E-state index contributed by atoms with van der Waals surface area (Å²) in [5.41, 5.74) is 0.467. The monoisotopic (exact) mass is 326 g/mol. The molecule has 1 unspecified atom stereocenters. The second-order valence-electron chi connectivity index (χ2n) is 4.80. The van der Waals surface area contributed by atoms with Crippen molar-refractivity contribution in [3.63, 3.8) is 0 Å². The van der Waals surface area contributed by atoms with Crippen LogP contribution in [-0.2, 0) is 9.84 Å². The Morgan fingerprint density at radius 3 is 2.57 bits per heavy atom. The first-order chi connectivity index (χ1) is 9.99. The second-order valence-corrected chi connectivity index (χ2v) is 8.30. The fourth-order valence-electron chi connectivity index (χ4n) is 1.80. The molecule has 0 aromatic heterocycles. The number of nitrogens with one attached hydrogen (secondary N) is 1. The lowest BCUT2D eigenvalue weighted by atomic mass is 10.2. The molecule has 1 aromatic rings. The fraction of sp³-hybridized carbons (Fsp3) is 0.533. The van der Waals surface area contributed by atoms with Crippen molar-refractivity contribution >= 4 is 21.6 Å². The number of thioether (sulfide) groups is 1. The Labute approximate surface area is 131 Å². The number of sulfone groups is 1. The van der Waals surface area contributed by atoms with Gasteiger partial charge in [0.2, 0.25) is 0 Å². The molecule has 1 aromatic carbocycles. The summed E-state index contributed by atoms with van der Waals surface area (Å²) in [5, 5.41) is 12.0. The van der Waals surface area contributed by atoms with E-state index in [1.165, 1.54) is 24.3 Å². The van der Waals surface area contributed by atoms with Crippen molar-refractivity contribution in [3.05, 3.63) is 29.8 Å². The van der Waals surface area contributed by atoms with Crippen molar-refractivity contribution in [1.29, 1.82) is 5.26 Å². The van der Waals surface area contributed by atoms with Crippen LogP contribution in [0.3, 0.4) is 0 Å². The highest BCUT2D eigenvalue weighted by Crippen LogP contribution is 2.12. The Balaban J connectivity index is 2.44. The molecule has 0 aliphatic heterocycles. The quantitative estimate of drug-likeness (QED) is 0.706. The van der Waals surface area contributed by atoms with Gasteiger partial charge >= 0.3 is 0 Å². The van der Waals surface area contributed by atoms with Crippen LogP contribution in [0, 0.1) is 11.3 Å². The van der Waals surface area contributed by atoms with E-state index in [-0.39, 0.29) is 10.6 Å². The van der Waals surface area contributed by atoms with Crippen LogP contribution < -0.4 is 5.32 Å². The molecule has 21 heavy (non-hydrogen) atoms. The lowest BCUT2D eigenvalue weighted by molar-refractivity contribution is 0.547. The van der Waals surface area contributed by atoms with E-state index < -0.39 is 9.84 Å². The molecule has 0 heterocycles. The largest absolute Gasteiger partial charge is 0.313 e. The third kappa shape index (κ3) is 6.51. The Hall–Kier alpha value is -1.03. The van der Waals surface area contributed by atoms with E-state index in [4.69, 9.17) is 5.26 Å². The van der Waals surface area contributed by atoms with Crippen molar-refractivity contribution < 1.29 is 8.42 Å². The molecule has 0 saturated carbocycles. The molecule has 116 valence electrons. The summed E-state index contributed by atoms with van der Waals surface area (Å²) in [6.07, 6.45) is 1.04. The topological polar surface area (TPSA) is 70.0 Å². The standard InChI is InChI=1S/C15H22N2O2S2/c1-3-20-10-8-13(2)17-9-11-21(18,19)15-6-4-14(12-16)5-7-15/h4-7,13,17H,3,8-11H2,1-2H3. The van der Waals surface area contributed by atoms with Gasteiger partial charge in [0.1, 0.15) is 0 Å². The molecule has 0 aliphatic rings. The van der Waals surface area contributed by atoms with Gasteiger partial charge in [-0.05, 0) is 49.1 Å². The van der Waals surface area contributed by atoms with E-state index in [1.807, 2.05) is 17.8 Å². The van der Waals surface area contributed by atoms with Crippen molar-refractivity contribution in [3.8, 4) is 6.07 Å². The second kappa shape index (κ2) is 9.08. The Bertz CT molecular complexity index is 562. The molecule has 0 saturated heterocycles. The van der Waals surface area contributed by atoms with Gasteiger partial charge in [-0.15, -0.1) is 0 Å². The molecule has 0 bridgehead atoms. The van der Waals surface area contributed by atoms with Crippen molar-refractivity contribution in [2.75, 3.05) is 23.8 Å². The zero-order valence-electron chi connectivity index (χ0n) is 12.5. The summed E-state index contributed by atoms with van der Waals surface area (Å²) >= 11 is 1.89. The highest BCUT2D eigenvalue weighted by molar-refractivity contribution is 7.99. The molecular weight excluding hydrogens is 304 g/mol. The maximum absolute atomic E-state index is 12.1. The average Bonchev–Trinajstić information content (AvgIpc) is 2.47. The predicted molar refractivity (Wildman–Crippen MR) is 88.3 cm³/mol. The summed E-state index contributed by atoms with van der Waals surface area (Å²) < 4.78 is 24.3. The molecule has 1 atom stereocenters. The van der Waals surface area contributed by atoms with Gasteiger partial charge in [-0.1, -0.05) is 6.92 Å². The van der Waals surface area contributed by atoms with E-state index in [2.05, 4.69) is 19.2 Å². The third-order valence-corrected chi connectivity index (χ3v) is 5.77. The molecule has 1 N–H and O–H groups in total. The van der Waals surface area contributed by atoms with E-state index in [9.17, 15) is 8.42 Å². The molecule has 0 spiro atoms. The minimum absolute atomic E-state index is 0.0736. The average molecular weight is 326 g/mol. The minimum atomic E-state index is -3.28. The van der Waals surface area contributed by atoms with Gasteiger partial charge in [-0.2, -0.15) is 17.0 Å². The summed E-state index contributed by atoms with van der Waals surface area (Å²) in [5.74, 6) is 2.27. The zero-order valence-corrected chi connectivity index (χ0v) is 14.1. The van der Waals surface area contributed by atoms with E-state index in [0.29, 0.717) is 18.2 Å². The molecular formula is C15H22N2O2S2. The number of nitrogens with zero attached hydrogens (tertiary/aromatic N) is 1. The van der Waals surface area contributed by atoms with Crippen LogP contribution in [0.4, 0.5) is 0 Å². The number of rotatable bonds is 9. The maximum Gasteiger partial charge on any atom is 0.179 e. The van der Waals surface area contributed by atoms with Crippen molar-refractivity contribution in [2.45, 2.75) is 31.2 Å². The normalized spacial score (nSPS) is 12.8. The first kappa shape index (κ1) is 18.0. The Kier molecular flexibility index (Phi) is 7.79. The summed E-state index contributed by atoms with van der Waals surface area (Å²) in [6, 6.07) is 8.35. The molecule has 1 rings (SSSR count). The SMILES string of the molecule is CCSCCC(C)NCCS(=O)(=O)c1ccc(C#N)cc1. The van der Waals surface area contributed by atoms with Gasteiger partial charge in [-0.25, -0.2) is 8.42 Å². The zero-order chi connectivity index (χ0) is 15.7. The highest BCUT2D eigenvalue weighted by Gasteiger charge is 2.14. The fourth-order valence-corrected chi connectivity index (χ4v) is 3.78. The lowest BCUT2D eigenvalue weighted by Gasteiger charge is -2.13. The number of hydrogen-bond donors (Lipinski definition) is 1. The summed E-state index contributed by atoms with van der Waals surface area (Å²) in [7, 11) is -3.28. The summed E-state index contributed by atoms with van der Waals surface area (Å²) in [4.78, 5) is 0.275. The predicted octanol–water partition coefficient (Wildman–Crippen LogP) is 2.45. The van der Waals surface area contributed by atoms with Crippen LogP contribution in [0.1, 0.15) is 25.8 Å². The first-order valence-corrected chi connectivity index (χ1v) is 9.84. The van der Waals surface area contributed by atoms with Crippen LogP contribution in [0.25, 0.3) is 0 Å². The van der Waals surface area contributed by atoms with Gasteiger partial charge in [0.25, 0.3) is 0 Å². The van der Waals surface area contributed by atoms with Crippen LogP contribution in [0.15, 0.2) is 29.2 Å². The van der Waals surface area contributed by atoms with Gasteiger partial charge in [0, 0.05) is 12.6 Å². The summed E-state index contributed by atoms with van der Waals surface area (Å²) in [6.45, 7) is 4.65. The molecule has 6 heteroatoms. The number of hydrogen-bond acceptors (Lipinski definition) is 5. The molecule has 0 fully saturated rings. The van der Waals surface area contributed by atoms with Crippen LogP contribution >= 0.6 is 11.8 Å². The van der Waals surface area contributed by atoms with E-state index in [1.54, 1.807) is 0 Å². The third-order valence-electron chi connectivity index (χ3n) is 3.11. The highest BCUT2D eigenvalue weighted by atomic mass is 32.2. The lowest BCUT2D eigenvalue weighted by Crippen LogP contribution is -2.31. The molecule has 0 amide bonds. The Morgan fingerprint density at radius 2 is 2.00 bits per heavy atom. The van der Waals surface area contributed by atoms with Gasteiger partial charge in [0.15, 0.2) is 9.84 Å². The van der Waals surface area contributed by atoms with Gasteiger partial charge < -0.3 is 5.32 Å². The van der Waals surface area contributed by atoms with Crippen LogP contribution in [-0.4, -0.2) is 38.3 Å². The van der Waals surface area contributed by atoms with Crippen molar-refractivity contribution in [1.82, 2.24) is 5.32 Å². The van der Waals surface area contributed by atoms with E-state index >= 15 is 0 Å². The molecule has 0 radical (unpaired) electrons.